The first-order valence-corrected chi connectivity index (χ1v) is 12.6. The standard InChI is InChI=1S/C28H21ClN2O6S/c1-15-23(27(34)36-3)24(17-4-6-18(7-5-17)26(33)35-2)31-25(32)22(38-28(31)30-15)14-20-12-13-21(37-20)16-8-10-19(29)11-9-16/h4-14,24H,1-3H3/b22-14-. The highest BCUT2D eigenvalue weighted by atomic mass is 35.5. The number of esters is 2. The van der Waals surface area contributed by atoms with Gasteiger partial charge in [-0.3, -0.25) is 9.36 Å². The average molecular weight is 549 g/mol. The van der Waals surface area contributed by atoms with Crippen molar-refractivity contribution < 1.29 is 23.5 Å². The van der Waals surface area contributed by atoms with Crippen molar-refractivity contribution in [2.24, 2.45) is 4.99 Å². The van der Waals surface area contributed by atoms with Crippen molar-refractivity contribution in [3.63, 3.8) is 0 Å². The maximum absolute atomic E-state index is 13.7. The van der Waals surface area contributed by atoms with Crippen molar-refractivity contribution in [2.45, 2.75) is 13.0 Å². The summed E-state index contributed by atoms with van der Waals surface area (Å²) in [5.74, 6) is 0.0363. The van der Waals surface area contributed by atoms with E-state index in [0.717, 1.165) is 5.56 Å². The van der Waals surface area contributed by atoms with Crippen LogP contribution in [-0.4, -0.2) is 30.7 Å². The van der Waals surface area contributed by atoms with Gasteiger partial charge in [-0.15, -0.1) is 0 Å². The molecule has 0 saturated carbocycles. The lowest BCUT2D eigenvalue weighted by atomic mass is 9.95. The summed E-state index contributed by atoms with van der Waals surface area (Å²) in [4.78, 5) is 43.4. The van der Waals surface area contributed by atoms with Crippen LogP contribution in [0.25, 0.3) is 17.4 Å². The highest BCUT2D eigenvalue weighted by Crippen LogP contribution is 2.31. The number of nitrogens with zero attached hydrogens (tertiary/aromatic N) is 2. The molecule has 3 heterocycles. The van der Waals surface area contributed by atoms with Crippen LogP contribution in [0.3, 0.4) is 0 Å². The van der Waals surface area contributed by atoms with E-state index in [9.17, 15) is 14.4 Å². The van der Waals surface area contributed by atoms with Crippen LogP contribution in [0.1, 0.15) is 34.6 Å². The maximum atomic E-state index is 13.7. The van der Waals surface area contributed by atoms with Gasteiger partial charge < -0.3 is 13.9 Å². The van der Waals surface area contributed by atoms with Gasteiger partial charge in [0, 0.05) is 16.7 Å². The third-order valence-electron chi connectivity index (χ3n) is 6.10. The molecule has 0 fully saturated rings. The fourth-order valence-corrected chi connectivity index (χ4v) is 5.41. The van der Waals surface area contributed by atoms with Crippen molar-refractivity contribution in [3.8, 4) is 11.3 Å². The van der Waals surface area contributed by atoms with Crippen LogP contribution in [0.2, 0.25) is 5.02 Å². The molecule has 0 N–H and O–H groups in total. The van der Waals surface area contributed by atoms with E-state index in [0.29, 0.717) is 42.7 Å². The molecule has 0 saturated heterocycles. The summed E-state index contributed by atoms with van der Waals surface area (Å²) in [6, 6.07) is 16.6. The Hall–Kier alpha value is -4.21. The first kappa shape index (κ1) is 25.4. The molecule has 38 heavy (non-hydrogen) atoms. The summed E-state index contributed by atoms with van der Waals surface area (Å²) in [5.41, 5.74) is 2.15. The molecule has 1 aliphatic rings. The molecular formula is C28H21ClN2O6S. The summed E-state index contributed by atoms with van der Waals surface area (Å²) in [5, 5.41) is 0.623. The third-order valence-corrected chi connectivity index (χ3v) is 7.34. The van der Waals surface area contributed by atoms with Gasteiger partial charge in [0.05, 0.1) is 41.6 Å². The van der Waals surface area contributed by atoms with E-state index in [1.807, 2.05) is 18.2 Å². The van der Waals surface area contributed by atoms with Gasteiger partial charge in [-0.2, -0.15) is 0 Å². The lowest BCUT2D eigenvalue weighted by molar-refractivity contribution is -0.136. The summed E-state index contributed by atoms with van der Waals surface area (Å²) in [6.07, 6.45) is 1.65. The van der Waals surface area contributed by atoms with Crippen LogP contribution in [0.5, 0.6) is 0 Å². The van der Waals surface area contributed by atoms with E-state index >= 15 is 0 Å². The molecule has 10 heteroatoms. The topological polar surface area (TPSA) is 100 Å². The average Bonchev–Trinajstić information content (AvgIpc) is 3.51. The Kier molecular flexibility index (Phi) is 6.88. The highest BCUT2D eigenvalue weighted by Gasteiger charge is 2.33. The number of carbonyl (C=O) groups is 2. The minimum atomic E-state index is -0.797. The van der Waals surface area contributed by atoms with Gasteiger partial charge in [0.15, 0.2) is 4.80 Å². The summed E-state index contributed by atoms with van der Waals surface area (Å²) in [6.45, 7) is 1.70. The normalized spacial score (nSPS) is 15.2. The number of halogens is 1. The number of carbonyl (C=O) groups excluding carboxylic acids is 2. The molecule has 0 bridgehead atoms. The number of thiazole rings is 1. The SMILES string of the molecule is COC(=O)C1=C(C)N=c2s/c(=C\c3ccc(-c4ccc(Cl)cc4)o3)c(=O)n2C1c1ccc(C(=O)OC)cc1. The van der Waals surface area contributed by atoms with Gasteiger partial charge in [0.1, 0.15) is 11.5 Å². The van der Waals surface area contributed by atoms with E-state index in [1.54, 1.807) is 55.5 Å². The van der Waals surface area contributed by atoms with Gasteiger partial charge >= 0.3 is 11.9 Å². The minimum Gasteiger partial charge on any atom is -0.466 e. The van der Waals surface area contributed by atoms with E-state index in [2.05, 4.69) is 4.99 Å². The van der Waals surface area contributed by atoms with E-state index < -0.39 is 18.0 Å². The zero-order valence-corrected chi connectivity index (χ0v) is 22.1. The van der Waals surface area contributed by atoms with Crippen molar-refractivity contribution in [1.82, 2.24) is 4.57 Å². The lowest BCUT2D eigenvalue weighted by Gasteiger charge is -2.24. The highest BCUT2D eigenvalue weighted by molar-refractivity contribution is 7.07. The van der Waals surface area contributed by atoms with Crippen LogP contribution in [-0.2, 0) is 14.3 Å². The molecule has 0 spiro atoms. The molecule has 8 nitrogen and oxygen atoms in total. The van der Waals surface area contributed by atoms with Crippen LogP contribution in [0.4, 0.5) is 0 Å². The van der Waals surface area contributed by atoms with E-state index in [1.165, 1.54) is 30.1 Å². The largest absolute Gasteiger partial charge is 0.466 e. The van der Waals surface area contributed by atoms with Crippen molar-refractivity contribution >= 4 is 41.0 Å². The van der Waals surface area contributed by atoms with Gasteiger partial charge in [-0.05, 0) is 61.0 Å². The second kappa shape index (κ2) is 10.3. The monoisotopic (exact) mass is 548 g/mol. The molecule has 4 aromatic rings. The summed E-state index contributed by atoms with van der Waals surface area (Å²) < 4.78 is 17.6. The molecule has 2 aromatic carbocycles. The van der Waals surface area contributed by atoms with E-state index in [-0.39, 0.29) is 11.1 Å². The second-order valence-electron chi connectivity index (χ2n) is 8.40. The number of allylic oxidation sites excluding steroid dienone is 1. The second-order valence-corrected chi connectivity index (χ2v) is 9.84. The number of hydrogen-bond donors (Lipinski definition) is 0. The predicted molar refractivity (Wildman–Crippen MR) is 143 cm³/mol. The minimum absolute atomic E-state index is 0.236. The van der Waals surface area contributed by atoms with Crippen LogP contribution in [0.15, 0.2) is 86.1 Å². The molecule has 1 unspecified atom stereocenters. The van der Waals surface area contributed by atoms with Crippen molar-refractivity contribution in [2.75, 3.05) is 14.2 Å². The van der Waals surface area contributed by atoms with Crippen molar-refractivity contribution in [1.29, 1.82) is 0 Å². The molecule has 0 amide bonds. The zero-order valence-electron chi connectivity index (χ0n) is 20.6. The quantitative estimate of drug-likeness (QED) is 0.348. The number of furan rings is 1. The number of hydrogen-bond acceptors (Lipinski definition) is 8. The van der Waals surface area contributed by atoms with Gasteiger partial charge in [0.2, 0.25) is 0 Å². The molecule has 2 aromatic heterocycles. The molecular weight excluding hydrogens is 528 g/mol. The van der Waals surface area contributed by atoms with Crippen molar-refractivity contribution in [3.05, 3.63) is 114 Å². The van der Waals surface area contributed by atoms with Crippen LogP contribution in [0, 0.1) is 0 Å². The fourth-order valence-electron chi connectivity index (χ4n) is 4.26. The predicted octanol–water partition coefficient (Wildman–Crippen LogP) is 4.11. The zero-order chi connectivity index (χ0) is 27.0. The molecule has 1 aliphatic heterocycles. The van der Waals surface area contributed by atoms with Gasteiger partial charge in [0.25, 0.3) is 5.56 Å². The maximum Gasteiger partial charge on any atom is 0.338 e. The van der Waals surface area contributed by atoms with Gasteiger partial charge in [-0.25, -0.2) is 14.6 Å². The summed E-state index contributed by atoms with van der Waals surface area (Å²) in [7, 11) is 2.58. The lowest BCUT2D eigenvalue weighted by Crippen LogP contribution is -2.39. The number of fused-ring (bicyclic) bond motifs is 1. The Morgan fingerprint density at radius 1 is 1.00 bits per heavy atom. The molecule has 0 aliphatic carbocycles. The molecule has 0 radical (unpaired) electrons. The fraction of sp³-hybridized carbons (Fsp3) is 0.143. The molecule has 1 atom stereocenters. The first-order chi connectivity index (χ1) is 18.3. The summed E-state index contributed by atoms with van der Waals surface area (Å²) >= 11 is 7.17. The number of methoxy groups -OCH3 is 2. The smallest absolute Gasteiger partial charge is 0.338 e. The Labute approximate surface area is 225 Å². The number of aromatic nitrogens is 1. The van der Waals surface area contributed by atoms with Crippen LogP contribution >= 0.6 is 22.9 Å². The van der Waals surface area contributed by atoms with E-state index in [4.69, 9.17) is 25.5 Å². The van der Waals surface area contributed by atoms with Crippen LogP contribution < -0.4 is 14.9 Å². The number of benzene rings is 2. The number of ether oxygens (including phenoxy) is 2. The third kappa shape index (κ3) is 4.62. The Balaban J connectivity index is 1.62. The Bertz CT molecular complexity index is 1760. The number of rotatable bonds is 5. The Morgan fingerprint density at radius 2 is 1.68 bits per heavy atom. The molecule has 192 valence electrons. The Morgan fingerprint density at radius 3 is 2.34 bits per heavy atom. The first-order valence-electron chi connectivity index (χ1n) is 11.5. The van der Waals surface area contributed by atoms with Gasteiger partial charge in [-0.1, -0.05) is 35.1 Å². The molecule has 5 rings (SSSR count).